The lowest BCUT2D eigenvalue weighted by atomic mass is 10.0. The number of imidazole rings is 1. The van der Waals surface area contributed by atoms with Gasteiger partial charge in [-0.05, 0) is 50.1 Å². The van der Waals surface area contributed by atoms with E-state index in [9.17, 15) is 4.79 Å². The third-order valence-corrected chi connectivity index (χ3v) is 5.79. The molecule has 0 aliphatic carbocycles. The number of anilines is 2. The molecule has 2 heterocycles. The number of benzene rings is 2. The van der Waals surface area contributed by atoms with Crippen LogP contribution in [0.15, 0.2) is 60.0 Å². The Morgan fingerprint density at radius 3 is 2.60 bits per heavy atom. The molecule has 1 amide bonds. The van der Waals surface area contributed by atoms with Gasteiger partial charge in [0.15, 0.2) is 5.16 Å². The average Bonchev–Trinajstić information content (AvgIpc) is 3.06. The summed E-state index contributed by atoms with van der Waals surface area (Å²) in [5.41, 5.74) is 13.5. The smallest absolute Gasteiger partial charge is 0.234 e. The van der Waals surface area contributed by atoms with Crippen molar-refractivity contribution in [2.24, 2.45) is 0 Å². The van der Waals surface area contributed by atoms with Crippen molar-refractivity contribution in [3.05, 3.63) is 71.5 Å². The Morgan fingerprint density at radius 2 is 1.87 bits per heavy atom. The predicted molar refractivity (Wildman–Crippen MR) is 123 cm³/mol. The number of nitrogens with two attached hydrogens (primary N) is 1. The number of hydrogen-bond donors (Lipinski definition) is 2. The van der Waals surface area contributed by atoms with Gasteiger partial charge in [0.05, 0.1) is 34.5 Å². The van der Waals surface area contributed by atoms with E-state index in [1.807, 2.05) is 18.2 Å². The van der Waals surface area contributed by atoms with Gasteiger partial charge in [-0.3, -0.25) is 14.3 Å². The molecule has 4 rings (SSSR count). The molecule has 3 N–H and O–H groups in total. The Hall–Kier alpha value is -3.32. The van der Waals surface area contributed by atoms with Crippen molar-refractivity contribution >= 4 is 40.1 Å². The van der Waals surface area contributed by atoms with Crippen molar-refractivity contribution in [2.45, 2.75) is 25.9 Å². The molecule has 7 heteroatoms. The van der Waals surface area contributed by atoms with Gasteiger partial charge in [0.1, 0.15) is 5.52 Å². The summed E-state index contributed by atoms with van der Waals surface area (Å²) in [5, 5.41) is 3.62. The molecular formula is C23H23N5OS. The van der Waals surface area contributed by atoms with Gasteiger partial charge < -0.3 is 11.1 Å². The Balaban J connectivity index is 1.68. The molecule has 0 unspecified atom stereocenters. The van der Waals surface area contributed by atoms with Crippen LogP contribution in [-0.4, -0.2) is 26.2 Å². The average molecular weight is 418 g/mol. The van der Waals surface area contributed by atoms with E-state index in [2.05, 4.69) is 47.8 Å². The number of nitrogens with one attached hydrogen (secondary N) is 1. The van der Waals surface area contributed by atoms with Gasteiger partial charge in [-0.2, -0.15) is 0 Å². The lowest BCUT2D eigenvalue weighted by molar-refractivity contribution is -0.113. The maximum Gasteiger partial charge on any atom is 0.234 e. The topological polar surface area (TPSA) is 85.8 Å². The largest absolute Gasteiger partial charge is 0.397 e. The third-order valence-electron chi connectivity index (χ3n) is 4.85. The molecule has 30 heavy (non-hydrogen) atoms. The van der Waals surface area contributed by atoms with Gasteiger partial charge in [0, 0.05) is 6.20 Å². The highest BCUT2D eigenvalue weighted by atomic mass is 32.2. The SMILES string of the molecule is Cc1cc(C)c(-n2c(SCC(=O)Nc3ccccc3N)nc3cnccc32)c(C)c1. The highest BCUT2D eigenvalue weighted by Crippen LogP contribution is 2.31. The molecule has 0 spiro atoms. The van der Waals surface area contributed by atoms with Gasteiger partial charge in [0.2, 0.25) is 5.91 Å². The van der Waals surface area contributed by atoms with E-state index in [0.717, 1.165) is 33.0 Å². The van der Waals surface area contributed by atoms with Crippen molar-refractivity contribution in [3.63, 3.8) is 0 Å². The number of pyridine rings is 1. The molecule has 0 radical (unpaired) electrons. The van der Waals surface area contributed by atoms with E-state index in [1.165, 1.54) is 17.3 Å². The zero-order valence-electron chi connectivity index (χ0n) is 17.1. The molecule has 0 aliphatic rings. The molecule has 152 valence electrons. The fourth-order valence-corrected chi connectivity index (χ4v) is 4.49. The normalized spacial score (nSPS) is 11.0. The minimum Gasteiger partial charge on any atom is -0.397 e. The Bertz CT molecular complexity index is 1220. The lowest BCUT2D eigenvalue weighted by Crippen LogP contribution is -2.15. The van der Waals surface area contributed by atoms with Crippen LogP contribution in [0.25, 0.3) is 16.7 Å². The number of thioether (sulfide) groups is 1. The summed E-state index contributed by atoms with van der Waals surface area (Å²) in [4.78, 5) is 21.5. The minimum absolute atomic E-state index is 0.132. The third kappa shape index (κ3) is 3.89. The molecule has 2 aromatic heterocycles. The number of para-hydroxylation sites is 2. The molecule has 0 saturated carbocycles. The van der Waals surface area contributed by atoms with E-state index in [4.69, 9.17) is 10.7 Å². The van der Waals surface area contributed by atoms with Gasteiger partial charge in [0.25, 0.3) is 0 Å². The van der Waals surface area contributed by atoms with Gasteiger partial charge in [-0.25, -0.2) is 4.98 Å². The number of nitrogens with zero attached hydrogens (tertiary/aromatic N) is 3. The zero-order chi connectivity index (χ0) is 21.3. The number of aromatic nitrogens is 3. The number of fused-ring (bicyclic) bond motifs is 1. The van der Waals surface area contributed by atoms with Crippen molar-refractivity contribution in [2.75, 3.05) is 16.8 Å². The number of rotatable bonds is 5. The van der Waals surface area contributed by atoms with Crippen molar-refractivity contribution in [3.8, 4) is 5.69 Å². The van der Waals surface area contributed by atoms with Crippen LogP contribution in [0.2, 0.25) is 0 Å². The summed E-state index contributed by atoms with van der Waals surface area (Å²) < 4.78 is 2.12. The highest BCUT2D eigenvalue weighted by Gasteiger charge is 2.18. The number of aryl methyl sites for hydroxylation is 3. The molecule has 0 aliphatic heterocycles. The van der Waals surface area contributed by atoms with Crippen LogP contribution in [-0.2, 0) is 4.79 Å². The molecule has 2 aromatic carbocycles. The first-order valence-electron chi connectivity index (χ1n) is 9.62. The number of hydrogen-bond acceptors (Lipinski definition) is 5. The lowest BCUT2D eigenvalue weighted by Gasteiger charge is -2.16. The maximum absolute atomic E-state index is 12.5. The van der Waals surface area contributed by atoms with Crippen LogP contribution in [0.5, 0.6) is 0 Å². The first-order valence-corrected chi connectivity index (χ1v) is 10.6. The second kappa shape index (κ2) is 8.20. The number of amides is 1. The van der Waals surface area contributed by atoms with E-state index in [0.29, 0.717) is 11.4 Å². The molecule has 0 bridgehead atoms. The van der Waals surface area contributed by atoms with Crippen LogP contribution in [0.4, 0.5) is 11.4 Å². The minimum atomic E-state index is -0.132. The Morgan fingerprint density at radius 1 is 1.13 bits per heavy atom. The van der Waals surface area contributed by atoms with Crippen LogP contribution in [0.1, 0.15) is 16.7 Å². The quantitative estimate of drug-likeness (QED) is 0.364. The molecule has 0 fully saturated rings. The highest BCUT2D eigenvalue weighted by molar-refractivity contribution is 7.99. The van der Waals surface area contributed by atoms with Crippen molar-refractivity contribution < 1.29 is 4.79 Å². The molecule has 6 nitrogen and oxygen atoms in total. The van der Waals surface area contributed by atoms with E-state index >= 15 is 0 Å². The zero-order valence-corrected chi connectivity index (χ0v) is 18.0. The number of carbonyl (C=O) groups excluding carboxylic acids is 1. The van der Waals surface area contributed by atoms with Crippen LogP contribution in [0, 0.1) is 20.8 Å². The second-order valence-electron chi connectivity index (χ2n) is 7.27. The summed E-state index contributed by atoms with van der Waals surface area (Å²) in [6.45, 7) is 6.29. The first kappa shape index (κ1) is 20.0. The summed E-state index contributed by atoms with van der Waals surface area (Å²) in [6, 6.07) is 13.5. The van der Waals surface area contributed by atoms with E-state index < -0.39 is 0 Å². The molecule has 0 saturated heterocycles. The van der Waals surface area contributed by atoms with Crippen LogP contribution >= 0.6 is 11.8 Å². The molecule has 0 atom stereocenters. The van der Waals surface area contributed by atoms with Crippen LogP contribution < -0.4 is 11.1 Å². The molecule has 4 aromatic rings. The summed E-state index contributed by atoms with van der Waals surface area (Å²) in [6.07, 6.45) is 3.51. The fraction of sp³-hybridized carbons (Fsp3) is 0.174. The Labute approximate surface area is 179 Å². The monoisotopic (exact) mass is 417 g/mol. The number of nitrogen functional groups attached to an aromatic ring is 1. The fourth-order valence-electron chi connectivity index (χ4n) is 3.68. The van der Waals surface area contributed by atoms with Gasteiger partial charge in [-0.1, -0.05) is 41.6 Å². The number of carbonyl (C=O) groups is 1. The standard InChI is InChI=1S/C23H23N5OS/c1-14-10-15(2)22(16(3)11-14)28-20-8-9-25-12-19(20)27-23(28)30-13-21(29)26-18-7-5-4-6-17(18)24/h4-12H,13,24H2,1-3H3,(H,26,29). The van der Waals surface area contributed by atoms with Gasteiger partial charge in [-0.15, -0.1) is 0 Å². The van der Waals surface area contributed by atoms with E-state index in [1.54, 1.807) is 24.5 Å². The predicted octanol–water partition coefficient (Wildman–Crippen LogP) is 4.66. The summed E-state index contributed by atoms with van der Waals surface area (Å²) in [5.74, 6) is 0.0849. The first-order chi connectivity index (χ1) is 14.4. The van der Waals surface area contributed by atoms with Crippen LogP contribution in [0.3, 0.4) is 0 Å². The summed E-state index contributed by atoms with van der Waals surface area (Å²) >= 11 is 1.39. The van der Waals surface area contributed by atoms with Crippen molar-refractivity contribution in [1.82, 2.24) is 14.5 Å². The second-order valence-corrected chi connectivity index (χ2v) is 8.21. The van der Waals surface area contributed by atoms with Crippen molar-refractivity contribution in [1.29, 1.82) is 0 Å². The Kier molecular flexibility index (Phi) is 5.46. The van der Waals surface area contributed by atoms with Gasteiger partial charge >= 0.3 is 0 Å². The van der Waals surface area contributed by atoms with E-state index in [-0.39, 0.29) is 11.7 Å². The maximum atomic E-state index is 12.5. The molecular weight excluding hydrogens is 394 g/mol. The summed E-state index contributed by atoms with van der Waals surface area (Å²) in [7, 11) is 0.